The van der Waals surface area contributed by atoms with Crippen LogP contribution >= 0.6 is 0 Å². The van der Waals surface area contributed by atoms with Crippen molar-refractivity contribution in [3.8, 4) is 0 Å². The number of carbonyl (C=O) groups is 1. The van der Waals surface area contributed by atoms with Crippen LogP contribution in [0, 0.1) is 5.92 Å². The molecule has 2 fully saturated rings. The third kappa shape index (κ3) is 2.98. The molecule has 19 heavy (non-hydrogen) atoms. The molecule has 2 saturated heterocycles. The van der Waals surface area contributed by atoms with Crippen LogP contribution in [0.25, 0.3) is 0 Å². The minimum atomic E-state index is 0.320. The van der Waals surface area contributed by atoms with E-state index in [-0.39, 0.29) is 0 Å². The predicted octanol–water partition coefficient (Wildman–Crippen LogP) is 2.43. The lowest BCUT2D eigenvalue weighted by molar-refractivity contribution is -0.128. The van der Waals surface area contributed by atoms with Gasteiger partial charge in [0.15, 0.2) is 0 Å². The number of benzene rings is 1. The fourth-order valence-corrected chi connectivity index (χ4v) is 3.14. The van der Waals surface area contributed by atoms with Gasteiger partial charge in [-0.15, -0.1) is 0 Å². The van der Waals surface area contributed by atoms with E-state index in [4.69, 9.17) is 4.74 Å². The lowest BCUT2D eigenvalue weighted by Gasteiger charge is -2.27. The molecule has 0 saturated carbocycles. The Kier molecular flexibility index (Phi) is 3.83. The average molecular weight is 259 g/mol. The van der Waals surface area contributed by atoms with Crippen molar-refractivity contribution in [3.05, 3.63) is 35.9 Å². The lowest BCUT2D eigenvalue weighted by Crippen LogP contribution is -2.33. The zero-order chi connectivity index (χ0) is 13.1. The second-order valence-corrected chi connectivity index (χ2v) is 5.67. The monoisotopic (exact) mass is 259 g/mol. The van der Waals surface area contributed by atoms with Gasteiger partial charge in [0.2, 0.25) is 5.91 Å². The topological polar surface area (TPSA) is 29.5 Å². The summed E-state index contributed by atoms with van der Waals surface area (Å²) in [7, 11) is 0. The van der Waals surface area contributed by atoms with Crippen molar-refractivity contribution in [1.82, 2.24) is 4.90 Å². The zero-order valence-electron chi connectivity index (χ0n) is 11.3. The molecule has 1 atom stereocenters. The Hall–Kier alpha value is -1.35. The molecule has 3 heteroatoms. The number of likely N-dealkylation sites (tertiary alicyclic amines) is 1. The number of ether oxygens (including phenoxy) is 1. The molecule has 1 unspecified atom stereocenters. The van der Waals surface area contributed by atoms with Gasteiger partial charge in [-0.2, -0.15) is 0 Å². The van der Waals surface area contributed by atoms with Crippen molar-refractivity contribution in [2.24, 2.45) is 5.92 Å². The van der Waals surface area contributed by atoms with E-state index in [1.54, 1.807) is 0 Å². The van der Waals surface area contributed by atoms with Crippen molar-refractivity contribution < 1.29 is 9.53 Å². The van der Waals surface area contributed by atoms with Crippen LogP contribution in [-0.2, 0) is 9.53 Å². The van der Waals surface area contributed by atoms with Gasteiger partial charge in [0, 0.05) is 38.6 Å². The van der Waals surface area contributed by atoms with Crippen LogP contribution < -0.4 is 0 Å². The summed E-state index contributed by atoms with van der Waals surface area (Å²) in [4.78, 5) is 14.2. The van der Waals surface area contributed by atoms with Crippen LogP contribution in [-0.4, -0.2) is 37.1 Å². The van der Waals surface area contributed by atoms with Gasteiger partial charge in [0.05, 0.1) is 0 Å². The average Bonchev–Trinajstić information content (AvgIpc) is 2.82. The number of rotatable bonds is 3. The van der Waals surface area contributed by atoms with Crippen LogP contribution in [0.4, 0.5) is 0 Å². The van der Waals surface area contributed by atoms with Crippen LogP contribution in [0.2, 0.25) is 0 Å². The van der Waals surface area contributed by atoms with Gasteiger partial charge in [0.25, 0.3) is 0 Å². The molecule has 2 aliphatic rings. The fourth-order valence-electron chi connectivity index (χ4n) is 3.14. The standard InChI is InChI=1S/C16H21NO2/c18-16-10-15(14-4-2-1-3-5-14)12-17(16)11-13-6-8-19-9-7-13/h1-5,13,15H,6-12H2. The highest BCUT2D eigenvalue weighted by Crippen LogP contribution is 2.29. The van der Waals surface area contributed by atoms with Gasteiger partial charge in [-0.05, 0) is 24.3 Å². The van der Waals surface area contributed by atoms with Crippen LogP contribution in [0.3, 0.4) is 0 Å². The molecular weight excluding hydrogens is 238 g/mol. The van der Waals surface area contributed by atoms with E-state index in [2.05, 4.69) is 29.2 Å². The van der Waals surface area contributed by atoms with Crippen LogP contribution in [0.5, 0.6) is 0 Å². The first-order valence-electron chi connectivity index (χ1n) is 7.23. The smallest absolute Gasteiger partial charge is 0.223 e. The Morgan fingerprint density at radius 1 is 1.16 bits per heavy atom. The van der Waals surface area contributed by atoms with Crippen molar-refractivity contribution in [2.45, 2.75) is 25.2 Å². The van der Waals surface area contributed by atoms with E-state index in [1.165, 1.54) is 5.56 Å². The summed E-state index contributed by atoms with van der Waals surface area (Å²) in [6, 6.07) is 10.4. The summed E-state index contributed by atoms with van der Waals surface area (Å²) in [5.74, 6) is 1.33. The largest absolute Gasteiger partial charge is 0.381 e. The number of amides is 1. The molecule has 0 aliphatic carbocycles. The molecule has 2 aliphatic heterocycles. The maximum absolute atomic E-state index is 12.1. The summed E-state index contributed by atoms with van der Waals surface area (Å²) in [6.45, 7) is 3.52. The Morgan fingerprint density at radius 3 is 2.63 bits per heavy atom. The summed E-state index contributed by atoms with van der Waals surface area (Å²) >= 11 is 0. The highest BCUT2D eigenvalue weighted by atomic mass is 16.5. The first-order valence-corrected chi connectivity index (χ1v) is 7.23. The first kappa shape index (κ1) is 12.7. The number of carbonyl (C=O) groups excluding carboxylic acids is 1. The van der Waals surface area contributed by atoms with Crippen molar-refractivity contribution >= 4 is 5.91 Å². The maximum atomic E-state index is 12.1. The molecule has 1 aromatic rings. The van der Waals surface area contributed by atoms with Crippen molar-refractivity contribution in [1.29, 1.82) is 0 Å². The van der Waals surface area contributed by atoms with E-state index in [0.717, 1.165) is 39.1 Å². The molecule has 3 nitrogen and oxygen atoms in total. The van der Waals surface area contributed by atoms with Gasteiger partial charge in [-0.3, -0.25) is 4.79 Å². The highest BCUT2D eigenvalue weighted by molar-refractivity contribution is 5.79. The molecule has 3 rings (SSSR count). The fraction of sp³-hybridized carbons (Fsp3) is 0.562. The van der Waals surface area contributed by atoms with Crippen LogP contribution in [0.1, 0.15) is 30.7 Å². The van der Waals surface area contributed by atoms with E-state index < -0.39 is 0 Å². The molecule has 0 spiro atoms. The highest BCUT2D eigenvalue weighted by Gasteiger charge is 2.32. The SMILES string of the molecule is O=C1CC(c2ccccc2)CN1CC1CCOCC1. The molecular formula is C16H21NO2. The number of hydrogen-bond acceptors (Lipinski definition) is 2. The van der Waals surface area contributed by atoms with Crippen LogP contribution in [0.15, 0.2) is 30.3 Å². The molecule has 2 heterocycles. The zero-order valence-corrected chi connectivity index (χ0v) is 11.3. The molecule has 1 aromatic carbocycles. The minimum absolute atomic E-state index is 0.320. The van der Waals surface area contributed by atoms with Crippen molar-refractivity contribution in [2.75, 3.05) is 26.3 Å². The first-order chi connectivity index (χ1) is 9.33. The maximum Gasteiger partial charge on any atom is 0.223 e. The quantitative estimate of drug-likeness (QED) is 0.834. The van der Waals surface area contributed by atoms with E-state index in [0.29, 0.717) is 24.2 Å². The third-order valence-electron chi connectivity index (χ3n) is 4.30. The molecule has 102 valence electrons. The summed E-state index contributed by atoms with van der Waals surface area (Å²) in [5.41, 5.74) is 1.30. The summed E-state index contributed by atoms with van der Waals surface area (Å²) in [5, 5.41) is 0. The van der Waals surface area contributed by atoms with Gasteiger partial charge < -0.3 is 9.64 Å². The van der Waals surface area contributed by atoms with Gasteiger partial charge in [-0.25, -0.2) is 0 Å². The molecule has 1 amide bonds. The van der Waals surface area contributed by atoms with Crippen molar-refractivity contribution in [3.63, 3.8) is 0 Å². The lowest BCUT2D eigenvalue weighted by atomic mass is 9.98. The summed E-state index contributed by atoms with van der Waals surface area (Å²) in [6.07, 6.45) is 2.87. The van der Waals surface area contributed by atoms with E-state index in [1.807, 2.05) is 6.07 Å². The Morgan fingerprint density at radius 2 is 1.89 bits per heavy atom. The molecule has 0 N–H and O–H groups in total. The number of nitrogens with zero attached hydrogens (tertiary/aromatic N) is 1. The second kappa shape index (κ2) is 5.74. The minimum Gasteiger partial charge on any atom is -0.381 e. The summed E-state index contributed by atoms with van der Waals surface area (Å²) < 4.78 is 5.38. The number of hydrogen-bond donors (Lipinski definition) is 0. The van der Waals surface area contributed by atoms with Gasteiger partial charge >= 0.3 is 0 Å². The van der Waals surface area contributed by atoms with Gasteiger partial charge in [0.1, 0.15) is 0 Å². The second-order valence-electron chi connectivity index (χ2n) is 5.67. The Balaban J connectivity index is 1.60. The Bertz CT molecular complexity index is 426. The predicted molar refractivity (Wildman–Crippen MR) is 73.9 cm³/mol. The molecule has 0 aromatic heterocycles. The van der Waals surface area contributed by atoms with E-state index >= 15 is 0 Å². The van der Waals surface area contributed by atoms with Gasteiger partial charge in [-0.1, -0.05) is 30.3 Å². The third-order valence-corrected chi connectivity index (χ3v) is 4.30. The normalized spacial score (nSPS) is 24.9. The Labute approximate surface area is 114 Å². The molecule has 0 radical (unpaired) electrons. The van der Waals surface area contributed by atoms with E-state index in [9.17, 15) is 4.79 Å². The molecule has 0 bridgehead atoms.